The lowest BCUT2D eigenvalue weighted by Gasteiger charge is -2.13. The van der Waals surface area contributed by atoms with Crippen molar-refractivity contribution in [2.75, 3.05) is 5.73 Å². The number of nitrogens with two attached hydrogens (primary N) is 1. The zero-order chi connectivity index (χ0) is 14.3. The quantitative estimate of drug-likeness (QED) is 0.804. The highest BCUT2D eigenvalue weighted by molar-refractivity contribution is 7.11. The second-order valence-electron chi connectivity index (χ2n) is 4.67. The first-order valence-electron chi connectivity index (χ1n) is 6.47. The van der Waals surface area contributed by atoms with Crippen LogP contribution in [0.5, 0.6) is 0 Å². The molecule has 104 valence electrons. The van der Waals surface area contributed by atoms with Gasteiger partial charge in [-0.15, -0.1) is 11.3 Å². The molecule has 1 aromatic carbocycles. The zero-order valence-corrected chi connectivity index (χ0v) is 12.1. The monoisotopic (exact) mass is 290 g/mol. The molecule has 6 heteroatoms. The summed E-state index contributed by atoms with van der Waals surface area (Å²) in [6.45, 7) is 4.10. The van der Waals surface area contributed by atoms with Crippen LogP contribution >= 0.6 is 11.3 Å². The number of fused-ring (bicyclic) bond motifs is 1. The van der Waals surface area contributed by atoms with Crippen LogP contribution in [0.4, 0.5) is 10.3 Å². The van der Waals surface area contributed by atoms with Crippen LogP contribution in [0.15, 0.2) is 24.4 Å². The lowest BCUT2D eigenvalue weighted by Crippen LogP contribution is -2.09. The Kier molecular flexibility index (Phi) is 3.17. The topological polar surface area (TPSA) is 56.7 Å². The fourth-order valence-corrected chi connectivity index (χ4v) is 3.18. The van der Waals surface area contributed by atoms with E-state index >= 15 is 0 Å². The van der Waals surface area contributed by atoms with Crippen molar-refractivity contribution < 1.29 is 4.39 Å². The smallest absolute Gasteiger partial charge is 0.201 e. The number of nitrogens with zero attached hydrogens (tertiary/aromatic N) is 3. The van der Waals surface area contributed by atoms with Gasteiger partial charge in [-0.05, 0) is 31.5 Å². The van der Waals surface area contributed by atoms with Gasteiger partial charge in [0.1, 0.15) is 10.8 Å². The molecule has 1 unspecified atom stereocenters. The molecule has 4 nitrogen and oxygen atoms in total. The molecule has 0 fully saturated rings. The van der Waals surface area contributed by atoms with Gasteiger partial charge in [0.05, 0.1) is 17.1 Å². The Hall–Kier alpha value is -1.95. The Balaban J connectivity index is 2.12. The summed E-state index contributed by atoms with van der Waals surface area (Å²) in [6.07, 6.45) is 2.84. The second kappa shape index (κ2) is 4.86. The minimum atomic E-state index is -0.292. The van der Waals surface area contributed by atoms with E-state index in [0.717, 1.165) is 11.4 Å². The van der Waals surface area contributed by atoms with E-state index in [-0.39, 0.29) is 11.9 Å². The fraction of sp³-hybridized carbons (Fsp3) is 0.286. The van der Waals surface area contributed by atoms with E-state index in [0.29, 0.717) is 17.0 Å². The van der Waals surface area contributed by atoms with Crippen molar-refractivity contribution in [2.45, 2.75) is 26.3 Å². The maximum absolute atomic E-state index is 13.5. The molecular formula is C14H15FN4S. The van der Waals surface area contributed by atoms with E-state index in [1.54, 1.807) is 17.4 Å². The third kappa shape index (κ3) is 2.06. The molecule has 0 saturated heterocycles. The molecule has 0 spiro atoms. The average Bonchev–Trinajstić information content (AvgIpc) is 3.01. The predicted octanol–water partition coefficient (Wildman–Crippen LogP) is 3.39. The summed E-state index contributed by atoms with van der Waals surface area (Å²) in [5.41, 5.74) is 7.38. The number of aryl methyl sites for hydroxylation is 1. The van der Waals surface area contributed by atoms with Crippen molar-refractivity contribution >= 4 is 28.3 Å². The van der Waals surface area contributed by atoms with Gasteiger partial charge in [-0.2, -0.15) is 0 Å². The van der Waals surface area contributed by atoms with Crippen molar-refractivity contribution in [1.82, 2.24) is 14.5 Å². The average molecular weight is 290 g/mol. The van der Waals surface area contributed by atoms with E-state index in [2.05, 4.69) is 16.9 Å². The number of thiazole rings is 1. The molecule has 20 heavy (non-hydrogen) atoms. The lowest BCUT2D eigenvalue weighted by molar-refractivity contribution is 0.624. The number of halogens is 1. The van der Waals surface area contributed by atoms with Gasteiger partial charge in [-0.3, -0.25) is 0 Å². The van der Waals surface area contributed by atoms with Gasteiger partial charge in [0.2, 0.25) is 5.95 Å². The van der Waals surface area contributed by atoms with Crippen LogP contribution in [0.25, 0.3) is 11.0 Å². The SMILES string of the molecule is CCc1cnc(C(C)n2c(N)nc3ccc(F)cc32)s1. The van der Waals surface area contributed by atoms with Crippen LogP contribution in [0.3, 0.4) is 0 Å². The van der Waals surface area contributed by atoms with Gasteiger partial charge in [0, 0.05) is 11.1 Å². The molecule has 2 heterocycles. The van der Waals surface area contributed by atoms with E-state index in [1.807, 2.05) is 17.7 Å². The Morgan fingerprint density at radius 3 is 2.95 bits per heavy atom. The maximum Gasteiger partial charge on any atom is 0.201 e. The van der Waals surface area contributed by atoms with Gasteiger partial charge >= 0.3 is 0 Å². The van der Waals surface area contributed by atoms with Gasteiger partial charge in [-0.25, -0.2) is 14.4 Å². The summed E-state index contributed by atoms with van der Waals surface area (Å²) in [7, 11) is 0. The summed E-state index contributed by atoms with van der Waals surface area (Å²) < 4.78 is 15.3. The number of imidazole rings is 1. The van der Waals surface area contributed by atoms with Crippen LogP contribution in [0, 0.1) is 5.82 Å². The molecule has 0 saturated carbocycles. The Labute approximate surface area is 120 Å². The maximum atomic E-state index is 13.5. The minimum absolute atomic E-state index is 0.0629. The largest absolute Gasteiger partial charge is 0.369 e. The summed E-state index contributed by atoms with van der Waals surface area (Å²) in [4.78, 5) is 9.94. The first kappa shape index (κ1) is 13.1. The molecule has 0 aliphatic carbocycles. The molecule has 0 radical (unpaired) electrons. The Morgan fingerprint density at radius 1 is 1.45 bits per heavy atom. The molecular weight excluding hydrogens is 275 g/mol. The van der Waals surface area contributed by atoms with Crippen molar-refractivity contribution in [3.8, 4) is 0 Å². The Bertz CT molecular complexity index is 762. The normalized spacial score (nSPS) is 12.9. The molecule has 1 atom stereocenters. The highest BCUT2D eigenvalue weighted by atomic mass is 32.1. The van der Waals surface area contributed by atoms with Gasteiger partial charge in [-0.1, -0.05) is 6.92 Å². The lowest BCUT2D eigenvalue weighted by atomic mass is 10.2. The van der Waals surface area contributed by atoms with Crippen LogP contribution in [-0.2, 0) is 6.42 Å². The number of benzene rings is 1. The number of nitrogen functional groups attached to an aromatic ring is 1. The number of hydrogen-bond acceptors (Lipinski definition) is 4. The van der Waals surface area contributed by atoms with Gasteiger partial charge in [0.15, 0.2) is 0 Å². The van der Waals surface area contributed by atoms with Crippen LogP contribution in [-0.4, -0.2) is 14.5 Å². The fourth-order valence-electron chi connectivity index (χ4n) is 2.28. The number of aromatic nitrogens is 3. The minimum Gasteiger partial charge on any atom is -0.369 e. The standard InChI is InChI=1S/C14H15FN4S/c1-3-10-7-17-13(20-10)8(2)19-12-6-9(15)4-5-11(12)18-14(19)16/h4-8H,3H2,1-2H3,(H2,16,18). The van der Waals surface area contributed by atoms with E-state index in [4.69, 9.17) is 5.73 Å². The molecule has 0 amide bonds. The molecule has 0 aliphatic rings. The van der Waals surface area contributed by atoms with Crippen molar-refractivity contribution in [3.63, 3.8) is 0 Å². The number of anilines is 1. The molecule has 2 aromatic heterocycles. The molecule has 3 rings (SSSR count). The molecule has 0 aliphatic heterocycles. The Morgan fingerprint density at radius 2 is 2.25 bits per heavy atom. The number of hydrogen-bond donors (Lipinski definition) is 1. The van der Waals surface area contributed by atoms with Gasteiger partial charge < -0.3 is 10.3 Å². The van der Waals surface area contributed by atoms with Crippen molar-refractivity contribution in [3.05, 3.63) is 40.1 Å². The summed E-state index contributed by atoms with van der Waals surface area (Å²) in [6, 6.07) is 4.43. The van der Waals surface area contributed by atoms with Crippen molar-refractivity contribution in [1.29, 1.82) is 0 Å². The first-order valence-corrected chi connectivity index (χ1v) is 7.29. The third-order valence-electron chi connectivity index (χ3n) is 3.34. The second-order valence-corrected chi connectivity index (χ2v) is 5.81. The summed E-state index contributed by atoms with van der Waals surface area (Å²) in [5, 5.41) is 0.956. The van der Waals surface area contributed by atoms with E-state index in [1.165, 1.54) is 17.0 Å². The van der Waals surface area contributed by atoms with E-state index < -0.39 is 0 Å². The molecule has 2 N–H and O–H groups in total. The highest BCUT2D eigenvalue weighted by Crippen LogP contribution is 2.30. The van der Waals surface area contributed by atoms with Crippen molar-refractivity contribution in [2.24, 2.45) is 0 Å². The van der Waals surface area contributed by atoms with Crippen LogP contribution in [0.1, 0.15) is 29.8 Å². The molecule has 0 bridgehead atoms. The summed E-state index contributed by atoms with van der Waals surface area (Å²) >= 11 is 1.65. The van der Waals surface area contributed by atoms with Gasteiger partial charge in [0.25, 0.3) is 0 Å². The third-order valence-corrected chi connectivity index (χ3v) is 4.66. The van der Waals surface area contributed by atoms with Crippen LogP contribution in [0.2, 0.25) is 0 Å². The highest BCUT2D eigenvalue weighted by Gasteiger charge is 2.18. The summed E-state index contributed by atoms with van der Waals surface area (Å²) in [5.74, 6) is 0.0885. The van der Waals surface area contributed by atoms with E-state index in [9.17, 15) is 4.39 Å². The zero-order valence-electron chi connectivity index (χ0n) is 11.3. The predicted molar refractivity (Wildman–Crippen MR) is 79.4 cm³/mol. The van der Waals surface area contributed by atoms with Crippen LogP contribution < -0.4 is 5.73 Å². The first-order chi connectivity index (χ1) is 9.60. The number of rotatable bonds is 3. The molecule has 3 aromatic rings.